The van der Waals surface area contributed by atoms with Gasteiger partial charge in [-0.25, -0.2) is 5.01 Å². The third-order valence-electron chi connectivity index (χ3n) is 4.28. The molecular weight excluding hydrogens is 336 g/mol. The average molecular weight is 351 g/mol. The van der Waals surface area contributed by atoms with E-state index in [4.69, 9.17) is 11.6 Å². The summed E-state index contributed by atoms with van der Waals surface area (Å²) < 4.78 is 0. The Bertz CT molecular complexity index is 953. The van der Waals surface area contributed by atoms with Crippen LogP contribution in [0, 0.1) is 0 Å². The predicted octanol–water partition coefficient (Wildman–Crippen LogP) is 3.55. The summed E-state index contributed by atoms with van der Waals surface area (Å²) in [6.07, 6.45) is 3.93. The number of para-hydroxylation sites is 1. The summed E-state index contributed by atoms with van der Waals surface area (Å²) in [6.45, 7) is 0. The van der Waals surface area contributed by atoms with Crippen molar-refractivity contribution in [1.82, 2.24) is 15.0 Å². The van der Waals surface area contributed by atoms with Gasteiger partial charge in [-0.2, -0.15) is 5.10 Å². The quantitative estimate of drug-likeness (QED) is 0.679. The zero-order chi connectivity index (χ0) is 17.2. The summed E-state index contributed by atoms with van der Waals surface area (Å²) in [5.41, 5.74) is 4.38. The first-order chi connectivity index (χ1) is 12.3. The number of amides is 1. The molecule has 0 aliphatic carbocycles. The van der Waals surface area contributed by atoms with Crippen LogP contribution in [0.2, 0.25) is 0 Å². The molecule has 0 saturated carbocycles. The SMILES string of the molecule is O=C(CCl)N1N=C(c2ccccc2)C[C@H]1c1cccc2nccnc12. The minimum Gasteiger partial charge on any atom is -0.272 e. The molecule has 6 heteroatoms. The Morgan fingerprint density at radius 1 is 1.08 bits per heavy atom. The van der Waals surface area contributed by atoms with Crippen molar-refractivity contribution in [2.75, 3.05) is 5.88 Å². The molecule has 2 aromatic carbocycles. The van der Waals surface area contributed by atoms with Gasteiger partial charge in [-0.15, -0.1) is 11.6 Å². The van der Waals surface area contributed by atoms with Gasteiger partial charge in [0.05, 0.1) is 22.8 Å². The molecule has 2 heterocycles. The van der Waals surface area contributed by atoms with Crippen molar-refractivity contribution in [1.29, 1.82) is 0 Å². The Labute approximate surface area is 150 Å². The van der Waals surface area contributed by atoms with E-state index in [9.17, 15) is 4.79 Å². The molecule has 1 atom stereocenters. The number of carbonyl (C=O) groups is 1. The van der Waals surface area contributed by atoms with Gasteiger partial charge in [0.1, 0.15) is 5.88 Å². The second kappa shape index (κ2) is 6.61. The monoisotopic (exact) mass is 350 g/mol. The highest BCUT2D eigenvalue weighted by atomic mass is 35.5. The third kappa shape index (κ3) is 2.87. The minimum absolute atomic E-state index is 0.113. The number of carbonyl (C=O) groups excluding carboxylic acids is 1. The van der Waals surface area contributed by atoms with E-state index in [2.05, 4.69) is 15.1 Å². The molecular formula is C19H15ClN4O. The molecule has 1 aliphatic rings. The van der Waals surface area contributed by atoms with E-state index in [-0.39, 0.29) is 17.8 Å². The number of alkyl halides is 1. The number of fused-ring (bicyclic) bond motifs is 1. The summed E-state index contributed by atoms with van der Waals surface area (Å²) in [5.74, 6) is -0.336. The second-order valence-corrected chi connectivity index (χ2v) is 6.04. The highest BCUT2D eigenvalue weighted by Crippen LogP contribution is 2.35. The lowest BCUT2D eigenvalue weighted by Gasteiger charge is -2.21. The zero-order valence-electron chi connectivity index (χ0n) is 13.3. The van der Waals surface area contributed by atoms with Crippen molar-refractivity contribution in [3.63, 3.8) is 0 Å². The summed E-state index contributed by atoms with van der Waals surface area (Å²) in [7, 11) is 0. The first kappa shape index (κ1) is 15.7. The Morgan fingerprint density at radius 3 is 2.68 bits per heavy atom. The number of rotatable bonds is 3. The van der Waals surface area contributed by atoms with Crippen LogP contribution in [0.25, 0.3) is 11.0 Å². The van der Waals surface area contributed by atoms with E-state index in [1.807, 2.05) is 48.5 Å². The summed E-state index contributed by atoms with van der Waals surface area (Å²) in [5, 5.41) is 6.05. The van der Waals surface area contributed by atoms with Gasteiger partial charge < -0.3 is 0 Å². The van der Waals surface area contributed by atoms with Crippen molar-refractivity contribution in [3.8, 4) is 0 Å². The van der Waals surface area contributed by atoms with Gasteiger partial charge in [0.15, 0.2) is 0 Å². The van der Waals surface area contributed by atoms with Crippen molar-refractivity contribution in [3.05, 3.63) is 72.1 Å². The highest BCUT2D eigenvalue weighted by Gasteiger charge is 2.33. The van der Waals surface area contributed by atoms with Crippen LogP contribution in [0.3, 0.4) is 0 Å². The number of halogens is 1. The van der Waals surface area contributed by atoms with Crippen LogP contribution < -0.4 is 0 Å². The molecule has 124 valence electrons. The van der Waals surface area contributed by atoms with Gasteiger partial charge in [0, 0.05) is 24.4 Å². The molecule has 1 aromatic heterocycles. The summed E-state index contributed by atoms with van der Waals surface area (Å²) in [6, 6.07) is 15.4. The lowest BCUT2D eigenvalue weighted by molar-refractivity contribution is -0.130. The fourth-order valence-corrected chi connectivity index (χ4v) is 3.26. The molecule has 0 fully saturated rings. The van der Waals surface area contributed by atoms with Gasteiger partial charge in [-0.1, -0.05) is 42.5 Å². The van der Waals surface area contributed by atoms with Crippen LogP contribution in [-0.2, 0) is 4.79 Å². The first-order valence-corrected chi connectivity index (χ1v) is 8.52. The molecule has 0 unspecified atom stereocenters. The number of hydrogen-bond donors (Lipinski definition) is 0. The molecule has 25 heavy (non-hydrogen) atoms. The van der Waals surface area contributed by atoms with Gasteiger partial charge >= 0.3 is 0 Å². The molecule has 5 nitrogen and oxygen atoms in total. The number of hydrogen-bond acceptors (Lipinski definition) is 4. The zero-order valence-corrected chi connectivity index (χ0v) is 14.1. The Hall–Kier alpha value is -2.79. The normalized spacial score (nSPS) is 16.9. The molecule has 0 N–H and O–H groups in total. The van der Waals surface area contributed by atoms with E-state index in [1.54, 1.807) is 12.4 Å². The average Bonchev–Trinajstić information content (AvgIpc) is 3.13. The minimum atomic E-state index is -0.234. The Kier molecular flexibility index (Phi) is 4.15. The predicted molar refractivity (Wildman–Crippen MR) is 97.4 cm³/mol. The summed E-state index contributed by atoms with van der Waals surface area (Å²) >= 11 is 5.81. The van der Waals surface area contributed by atoms with Gasteiger partial charge in [0.25, 0.3) is 5.91 Å². The van der Waals surface area contributed by atoms with E-state index in [0.29, 0.717) is 6.42 Å². The highest BCUT2D eigenvalue weighted by molar-refractivity contribution is 6.27. The topological polar surface area (TPSA) is 58.5 Å². The van der Waals surface area contributed by atoms with Gasteiger partial charge in [0.2, 0.25) is 0 Å². The van der Waals surface area contributed by atoms with E-state index < -0.39 is 0 Å². The smallest absolute Gasteiger partial charge is 0.258 e. The molecule has 0 bridgehead atoms. The standard InChI is InChI=1S/C19H15ClN4O/c20-12-18(25)24-17(11-16(23-24)13-5-2-1-3-6-13)14-7-4-8-15-19(14)22-10-9-21-15/h1-10,17H,11-12H2/t17-/m0/s1. The third-order valence-corrected chi connectivity index (χ3v) is 4.50. The number of hydrazone groups is 1. The van der Waals surface area contributed by atoms with Crippen molar-refractivity contribution >= 4 is 34.3 Å². The van der Waals surface area contributed by atoms with Gasteiger partial charge in [-0.05, 0) is 11.6 Å². The first-order valence-electron chi connectivity index (χ1n) is 7.98. The molecule has 4 rings (SSSR count). The molecule has 3 aromatic rings. The van der Waals surface area contributed by atoms with Crippen molar-refractivity contribution in [2.45, 2.75) is 12.5 Å². The lowest BCUT2D eigenvalue weighted by atomic mass is 9.97. The van der Waals surface area contributed by atoms with Crippen molar-refractivity contribution in [2.24, 2.45) is 5.10 Å². The Morgan fingerprint density at radius 2 is 1.88 bits per heavy atom. The number of aromatic nitrogens is 2. The van der Waals surface area contributed by atoms with Crippen LogP contribution >= 0.6 is 11.6 Å². The van der Waals surface area contributed by atoms with Crippen LogP contribution in [0.15, 0.2) is 66.0 Å². The second-order valence-electron chi connectivity index (χ2n) is 5.78. The van der Waals surface area contributed by atoms with Crippen LogP contribution in [0.4, 0.5) is 0 Å². The molecule has 0 saturated heterocycles. The summed E-state index contributed by atoms with van der Waals surface area (Å²) in [4.78, 5) is 21.2. The van der Waals surface area contributed by atoms with Crippen LogP contribution in [-0.4, -0.2) is 32.5 Å². The molecule has 1 amide bonds. The van der Waals surface area contributed by atoms with Crippen molar-refractivity contribution < 1.29 is 4.79 Å². The lowest BCUT2D eigenvalue weighted by Crippen LogP contribution is -2.28. The Balaban J connectivity index is 1.79. The number of benzene rings is 2. The number of nitrogens with zero attached hydrogens (tertiary/aromatic N) is 4. The van der Waals surface area contributed by atoms with E-state index in [1.165, 1.54) is 5.01 Å². The largest absolute Gasteiger partial charge is 0.272 e. The molecule has 0 radical (unpaired) electrons. The van der Waals surface area contributed by atoms with Crippen LogP contribution in [0.5, 0.6) is 0 Å². The molecule has 1 aliphatic heterocycles. The maximum Gasteiger partial charge on any atom is 0.258 e. The van der Waals surface area contributed by atoms with E-state index >= 15 is 0 Å². The fraction of sp³-hybridized carbons (Fsp3) is 0.158. The fourth-order valence-electron chi connectivity index (χ4n) is 3.13. The maximum absolute atomic E-state index is 12.4. The van der Waals surface area contributed by atoms with E-state index in [0.717, 1.165) is 27.9 Å². The maximum atomic E-state index is 12.4. The van der Waals surface area contributed by atoms with Crippen LogP contribution in [0.1, 0.15) is 23.6 Å². The van der Waals surface area contributed by atoms with Gasteiger partial charge in [-0.3, -0.25) is 14.8 Å². The molecule has 0 spiro atoms.